The molecule has 190 valence electrons. The highest BCUT2D eigenvalue weighted by molar-refractivity contribution is 5.68. The number of hydrogen-bond acceptors (Lipinski definition) is 6. The van der Waals surface area contributed by atoms with E-state index in [1.165, 1.54) is 19.4 Å². The van der Waals surface area contributed by atoms with Gasteiger partial charge in [0, 0.05) is 5.56 Å². The molecule has 1 fully saturated rings. The van der Waals surface area contributed by atoms with Crippen molar-refractivity contribution in [1.82, 2.24) is 9.97 Å². The van der Waals surface area contributed by atoms with Crippen molar-refractivity contribution in [2.24, 2.45) is 11.8 Å². The normalized spacial score (nSPS) is 13.9. The van der Waals surface area contributed by atoms with Crippen LogP contribution in [0.4, 0.5) is 4.39 Å². The summed E-state index contributed by atoms with van der Waals surface area (Å²) in [5.41, 5.74) is 2.02. The lowest BCUT2D eigenvalue weighted by atomic mass is 9.91. The van der Waals surface area contributed by atoms with Crippen molar-refractivity contribution in [2.75, 3.05) is 13.7 Å². The minimum Gasteiger partial charge on any atom is -0.497 e. The molecular weight excluding hydrogens is 463 g/mol. The summed E-state index contributed by atoms with van der Waals surface area (Å²) >= 11 is 0. The molecule has 1 heterocycles. The van der Waals surface area contributed by atoms with Gasteiger partial charge in [0.1, 0.15) is 35.3 Å². The number of aromatic nitrogens is 2. The SMILES string of the molecule is COc1ccc(F)c(-c2ncc(COc3cccc(C(CC(=O)O)C4CC4)c3)nc2OCC(C)C)c1. The fourth-order valence-corrected chi connectivity index (χ4v) is 4.06. The summed E-state index contributed by atoms with van der Waals surface area (Å²) in [5.74, 6) is 0.734. The largest absolute Gasteiger partial charge is 0.497 e. The number of rotatable bonds is 12. The minimum atomic E-state index is -0.796. The van der Waals surface area contributed by atoms with Gasteiger partial charge < -0.3 is 19.3 Å². The maximum absolute atomic E-state index is 14.6. The van der Waals surface area contributed by atoms with E-state index in [9.17, 15) is 14.3 Å². The summed E-state index contributed by atoms with van der Waals surface area (Å²) in [7, 11) is 1.52. The van der Waals surface area contributed by atoms with Crippen molar-refractivity contribution in [3.8, 4) is 28.6 Å². The van der Waals surface area contributed by atoms with Crippen molar-refractivity contribution in [3.63, 3.8) is 0 Å². The molecule has 7 nitrogen and oxygen atoms in total. The third-order valence-corrected chi connectivity index (χ3v) is 6.03. The van der Waals surface area contributed by atoms with Crippen LogP contribution in [0.3, 0.4) is 0 Å². The number of halogens is 1. The Kier molecular flexibility index (Phi) is 8.03. The molecule has 0 amide bonds. The maximum Gasteiger partial charge on any atom is 0.303 e. The lowest BCUT2D eigenvalue weighted by Crippen LogP contribution is -2.10. The molecule has 8 heteroatoms. The summed E-state index contributed by atoms with van der Waals surface area (Å²) < 4.78 is 31.8. The van der Waals surface area contributed by atoms with Gasteiger partial charge >= 0.3 is 5.97 Å². The molecule has 0 radical (unpaired) electrons. The second kappa shape index (κ2) is 11.4. The quantitative estimate of drug-likeness (QED) is 0.337. The fourth-order valence-electron chi connectivity index (χ4n) is 4.06. The molecule has 2 aromatic carbocycles. The third-order valence-electron chi connectivity index (χ3n) is 6.03. The van der Waals surface area contributed by atoms with Crippen LogP contribution in [0, 0.1) is 17.7 Å². The molecule has 4 rings (SSSR count). The van der Waals surface area contributed by atoms with Gasteiger partial charge in [0.25, 0.3) is 0 Å². The second-order valence-corrected chi connectivity index (χ2v) is 9.47. The number of nitrogens with zero attached hydrogens (tertiary/aromatic N) is 2. The van der Waals surface area contributed by atoms with E-state index in [4.69, 9.17) is 14.2 Å². The maximum atomic E-state index is 14.6. The Balaban J connectivity index is 1.55. The van der Waals surface area contributed by atoms with E-state index in [0.29, 0.717) is 35.4 Å². The predicted octanol–water partition coefficient (Wildman–Crippen LogP) is 5.87. The average molecular weight is 495 g/mol. The van der Waals surface area contributed by atoms with Gasteiger partial charge in [-0.1, -0.05) is 26.0 Å². The fraction of sp³-hybridized carbons (Fsp3) is 0.393. The van der Waals surface area contributed by atoms with Gasteiger partial charge in [-0.05, 0) is 66.5 Å². The van der Waals surface area contributed by atoms with Crippen LogP contribution in [0.2, 0.25) is 0 Å². The highest BCUT2D eigenvalue weighted by atomic mass is 19.1. The zero-order valence-corrected chi connectivity index (χ0v) is 20.7. The van der Waals surface area contributed by atoms with Crippen molar-refractivity contribution in [3.05, 3.63) is 65.7 Å². The summed E-state index contributed by atoms with van der Waals surface area (Å²) in [6, 6.07) is 12.0. The smallest absolute Gasteiger partial charge is 0.303 e. The Morgan fingerprint density at radius 1 is 1.14 bits per heavy atom. The predicted molar refractivity (Wildman–Crippen MR) is 133 cm³/mol. The van der Waals surface area contributed by atoms with Crippen LogP contribution in [0.5, 0.6) is 17.4 Å². The number of methoxy groups -OCH3 is 1. The number of ether oxygens (including phenoxy) is 3. The number of aliphatic carboxylic acids is 1. The van der Waals surface area contributed by atoms with Gasteiger partial charge in [0.2, 0.25) is 5.88 Å². The zero-order valence-electron chi connectivity index (χ0n) is 20.7. The number of carboxylic acids is 1. The third kappa shape index (κ3) is 6.50. The standard InChI is InChI=1S/C28H31FN2O5/c1-17(2)15-36-28-27(24-12-21(34-3)9-10-25(24)29)30-14-20(31-28)16-35-22-6-4-5-19(11-22)23(13-26(32)33)18-7-8-18/h4-6,9-12,14,17-18,23H,7-8,13,15-16H2,1-3H3,(H,32,33). The van der Waals surface area contributed by atoms with Crippen molar-refractivity contribution < 1.29 is 28.5 Å². The Hall–Kier alpha value is -3.68. The number of carbonyl (C=O) groups is 1. The van der Waals surface area contributed by atoms with Crippen molar-refractivity contribution in [1.29, 1.82) is 0 Å². The van der Waals surface area contributed by atoms with Crippen LogP contribution < -0.4 is 14.2 Å². The van der Waals surface area contributed by atoms with Crippen molar-refractivity contribution in [2.45, 2.75) is 45.6 Å². The zero-order chi connectivity index (χ0) is 25.7. The first-order valence-corrected chi connectivity index (χ1v) is 12.1. The highest BCUT2D eigenvalue weighted by Crippen LogP contribution is 2.45. The molecule has 0 aliphatic heterocycles. The van der Waals surface area contributed by atoms with E-state index in [1.54, 1.807) is 12.1 Å². The van der Waals surface area contributed by atoms with Gasteiger partial charge in [-0.15, -0.1) is 0 Å². The summed E-state index contributed by atoms with van der Waals surface area (Å²) in [4.78, 5) is 20.4. The first kappa shape index (κ1) is 25.4. The molecule has 3 aromatic rings. The summed E-state index contributed by atoms with van der Waals surface area (Å²) in [6.07, 6.45) is 3.76. The molecular formula is C28H31FN2O5. The Bertz CT molecular complexity index is 1210. The van der Waals surface area contributed by atoms with Gasteiger partial charge in [-0.3, -0.25) is 4.79 Å². The molecule has 1 saturated carbocycles. The molecule has 1 atom stereocenters. The van der Waals surface area contributed by atoms with Crippen LogP contribution in [-0.4, -0.2) is 34.8 Å². The van der Waals surface area contributed by atoms with E-state index in [0.717, 1.165) is 18.4 Å². The molecule has 36 heavy (non-hydrogen) atoms. The first-order chi connectivity index (χ1) is 17.3. The van der Waals surface area contributed by atoms with Gasteiger partial charge in [-0.2, -0.15) is 0 Å². The van der Waals surface area contributed by atoms with Crippen LogP contribution in [0.25, 0.3) is 11.3 Å². The molecule has 1 aliphatic rings. The topological polar surface area (TPSA) is 90.8 Å². The van der Waals surface area contributed by atoms with Crippen LogP contribution in [0.1, 0.15) is 50.3 Å². The highest BCUT2D eigenvalue weighted by Gasteiger charge is 2.33. The monoisotopic (exact) mass is 494 g/mol. The molecule has 1 N–H and O–H groups in total. The second-order valence-electron chi connectivity index (χ2n) is 9.47. The number of hydrogen-bond donors (Lipinski definition) is 1. The van der Waals surface area contributed by atoms with E-state index in [-0.39, 0.29) is 36.3 Å². The minimum absolute atomic E-state index is 0.0149. The van der Waals surface area contributed by atoms with E-state index in [1.807, 2.05) is 38.1 Å². The lowest BCUT2D eigenvalue weighted by Gasteiger charge is -2.16. The van der Waals surface area contributed by atoms with Crippen molar-refractivity contribution >= 4 is 5.97 Å². The van der Waals surface area contributed by atoms with Crippen LogP contribution in [0.15, 0.2) is 48.7 Å². The number of benzene rings is 2. The molecule has 1 aromatic heterocycles. The van der Waals surface area contributed by atoms with Crippen LogP contribution in [-0.2, 0) is 11.4 Å². The van der Waals surface area contributed by atoms with E-state index in [2.05, 4.69) is 9.97 Å². The first-order valence-electron chi connectivity index (χ1n) is 12.1. The molecule has 0 saturated heterocycles. The lowest BCUT2D eigenvalue weighted by molar-refractivity contribution is -0.137. The summed E-state index contributed by atoms with van der Waals surface area (Å²) in [5, 5.41) is 9.31. The molecule has 0 bridgehead atoms. The van der Waals surface area contributed by atoms with Gasteiger partial charge in [0.15, 0.2) is 0 Å². The Labute approximate surface area is 210 Å². The van der Waals surface area contributed by atoms with E-state index < -0.39 is 11.8 Å². The molecule has 1 aliphatic carbocycles. The van der Waals surface area contributed by atoms with Crippen LogP contribution >= 0.6 is 0 Å². The molecule has 1 unspecified atom stereocenters. The molecule has 0 spiro atoms. The number of carboxylic acid groups (broad SMARTS) is 1. The Morgan fingerprint density at radius 3 is 2.64 bits per heavy atom. The summed E-state index contributed by atoms with van der Waals surface area (Å²) in [6.45, 7) is 4.55. The van der Waals surface area contributed by atoms with E-state index >= 15 is 0 Å². The van der Waals surface area contributed by atoms with Gasteiger partial charge in [-0.25, -0.2) is 14.4 Å². The average Bonchev–Trinajstić information content (AvgIpc) is 3.71. The van der Waals surface area contributed by atoms with Gasteiger partial charge in [0.05, 0.1) is 26.3 Å². The Morgan fingerprint density at radius 2 is 1.94 bits per heavy atom.